The monoisotopic (exact) mass is 650 g/mol. The predicted molar refractivity (Wildman–Crippen MR) is 180 cm³/mol. The molecule has 0 bridgehead atoms. The van der Waals surface area contributed by atoms with Gasteiger partial charge in [0, 0.05) is 17.2 Å². The number of carbonyl (C=O) groups is 2. The molecule has 0 saturated heterocycles. The minimum Gasteiger partial charge on any atom is -0.496 e. The lowest BCUT2D eigenvalue weighted by Crippen LogP contribution is -2.40. The van der Waals surface area contributed by atoms with E-state index in [0.717, 1.165) is 21.9 Å². The second-order valence-corrected chi connectivity index (χ2v) is 12.4. The summed E-state index contributed by atoms with van der Waals surface area (Å²) in [4.78, 5) is 45.3. The number of esters is 2. The highest BCUT2D eigenvalue weighted by molar-refractivity contribution is 7.07. The minimum absolute atomic E-state index is 0.171. The maximum Gasteiger partial charge on any atom is 0.338 e. The number of rotatable bonds is 8. The standard InChI is InChI=1S/C37H34N2O7S/c1-7-44-36(42)31-22(5)38-37-39(33(31)32-27-11-9-8-10-23(27)13-16-29(32)43-6)34(40)30(47-37)19-25-14-17-28(46-25)26-15-12-24(18-21(26)4)35(41)45-20(2)3/h8-20,33H,7H2,1-6H3/b30-19+/t33-/m0/s1. The predicted octanol–water partition coefficient (Wildman–Crippen LogP) is 6.09. The maximum atomic E-state index is 14.3. The smallest absolute Gasteiger partial charge is 0.338 e. The quantitative estimate of drug-likeness (QED) is 0.187. The van der Waals surface area contributed by atoms with E-state index in [1.54, 1.807) is 49.8 Å². The summed E-state index contributed by atoms with van der Waals surface area (Å²) in [5, 5.41) is 1.78. The summed E-state index contributed by atoms with van der Waals surface area (Å²) >= 11 is 1.21. The van der Waals surface area contributed by atoms with Gasteiger partial charge in [-0.25, -0.2) is 14.6 Å². The van der Waals surface area contributed by atoms with E-state index in [1.165, 1.54) is 11.3 Å². The van der Waals surface area contributed by atoms with Crippen molar-refractivity contribution in [2.75, 3.05) is 13.7 Å². The van der Waals surface area contributed by atoms with Crippen LogP contribution in [0, 0.1) is 6.92 Å². The van der Waals surface area contributed by atoms with Crippen molar-refractivity contribution in [3.63, 3.8) is 0 Å². The van der Waals surface area contributed by atoms with Gasteiger partial charge in [0.1, 0.15) is 23.3 Å². The minimum atomic E-state index is -0.843. The molecule has 3 heterocycles. The molecule has 0 saturated carbocycles. The summed E-state index contributed by atoms with van der Waals surface area (Å²) < 4.78 is 24.7. The van der Waals surface area contributed by atoms with Gasteiger partial charge in [-0.05, 0) is 81.3 Å². The highest BCUT2D eigenvalue weighted by Crippen LogP contribution is 2.40. The summed E-state index contributed by atoms with van der Waals surface area (Å²) in [6.07, 6.45) is 1.46. The molecule has 0 radical (unpaired) electrons. The number of aromatic nitrogens is 1. The number of hydrogen-bond donors (Lipinski definition) is 0. The van der Waals surface area contributed by atoms with Gasteiger partial charge in [-0.2, -0.15) is 0 Å². The fourth-order valence-corrected chi connectivity index (χ4v) is 6.88. The van der Waals surface area contributed by atoms with E-state index in [1.807, 2.05) is 69.3 Å². The summed E-state index contributed by atoms with van der Waals surface area (Å²) in [5.74, 6) is 0.662. The van der Waals surface area contributed by atoms with Crippen LogP contribution >= 0.6 is 11.3 Å². The molecule has 3 aromatic carbocycles. The molecule has 0 unspecified atom stereocenters. The number of ether oxygens (including phenoxy) is 3. The Labute approximate surface area is 275 Å². The zero-order valence-corrected chi connectivity index (χ0v) is 27.8. The van der Waals surface area contributed by atoms with E-state index in [0.29, 0.717) is 43.4 Å². The zero-order valence-electron chi connectivity index (χ0n) is 27.0. The molecule has 0 fully saturated rings. The Morgan fingerprint density at radius 1 is 1.04 bits per heavy atom. The Morgan fingerprint density at radius 2 is 1.83 bits per heavy atom. The molecule has 0 spiro atoms. The van der Waals surface area contributed by atoms with E-state index in [4.69, 9.17) is 23.6 Å². The summed E-state index contributed by atoms with van der Waals surface area (Å²) in [5.41, 5.74) is 3.20. The Bertz CT molecular complexity index is 2250. The number of allylic oxidation sites excluding steroid dienone is 1. The van der Waals surface area contributed by atoms with E-state index in [-0.39, 0.29) is 29.8 Å². The lowest BCUT2D eigenvalue weighted by atomic mass is 9.90. The van der Waals surface area contributed by atoms with Crippen LogP contribution in [-0.4, -0.2) is 36.3 Å². The number of hydrogen-bond acceptors (Lipinski definition) is 9. The number of fused-ring (bicyclic) bond motifs is 2. The second kappa shape index (κ2) is 12.9. The molecule has 2 aromatic heterocycles. The van der Waals surface area contributed by atoms with E-state index in [2.05, 4.69) is 0 Å². The lowest BCUT2D eigenvalue weighted by Gasteiger charge is -2.27. The van der Waals surface area contributed by atoms with Crippen LogP contribution in [0.15, 0.2) is 92.2 Å². The third kappa shape index (κ3) is 5.92. The Hall–Kier alpha value is -5.22. The molecule has 0 N–H and O–H groups in total. The third-order valence-corrected chi connectivity index (χ3v) is 8.89. The number of benzene rings is 3. The van der Waals surface area contributed by atoms with Crippen LogP contribution in [0.2, 0.25) is 0 Å². The van der Waals surface area contributed by atoms with Crippen molar-refractivity contribution in [3.8, 4) is 17.1 Å². The van der Waals surface area contributed by atoms with Crippen LogP contribution in [0.1, 0.15) is 61.0 Å². The van der Waals surface area contributed by atoms with E-state index >= 15 is 0 Å². The van der Waals surface area contributed by atoms with Crippen LogP contribution in [0.25, 0.3) is 28.2 Å². The highest BCUT2D eigenvalue weighted by Gasteiger charge is 2.36. The molecular formula is C37H34N2O7S. The van der Waals surface area contributed by atoms with E-state index in [9.17, 15) is 14.4 Å². The van der Waals surface area contributed by atoms with Gasteiger partial charge < -0.3 is 18.6 Å². The summed E-state index contributed by atoms with van der Waals surface area (Å²) in [7, 11) is 1.57. The van der Waals surface area contributed by atoms with Crippen LogP contribution in [-0.2, 0) is 14.3 Å². The summed E-state index contributed by atoms with van der Waals surface area (Å²) in [6, 6.07) is 19.6. The first-order chi connectivity index (χ1) is 22.6. The molecule has 0 aliphatic carbocycles. The molecule has 10 heteroatoms. The molecule has 9 nitrogen and oxygen atoms in total. The van der Waals surface area contributed by atoms with Crippen LogP contribution < -0.4 is 19.6 Å². The Morgan fingerprint density at radius 3 is 2.55 bits per heavy atom. The lowest BCUT2D eigenvalue weighted by molar-refractivity contribution is -0.139. The third-order valence-electron chi connectivity index (χ3n) is 7.91. The zero-order chi connectivity index (χ0) is 33.4. The number of thiazole rings is 1. The van der Waals surface area contributed by atoms with Gasteiger partial charge in [0.15, 0.2) is 4.80 Å². The molecule has 47 heavy (non-hydrogen) atoms. The molecule has 1 atom stereocenters. The molecule has 5 aromatic rings. The van der Waals surface area contributed by atoms with Gasteiger partial charge >= 0.3 is 11.9 Å². The molecule has 1 aliphatic heterocycles. The molecule has 0 amide bonds. The van der Waals surface area contributed by atoms with Crippen molar-refractivity contribution in [1.29, 1.82) is 0 Å². The largest absolute Gasteiger partial charge is 0.496 e. The number of carbonyl (C=O) groups excluding carboxylic acids is 2. The average molecular weight is 651 g/mol. The molecule has 6 rings (SSSR count). The first kappa shape index (κ1) is 31.7. The Kier molecular flexibility index (Phi) is 8.70. The fourth-order valence-electron chi connectivity index (χ4n) is 5.85. The van der Waals surface area contributed by atoms with Gasteiger partial charge in [0.05, 0.1) is 41.2 Å². The van der Waals surface area contributed by atoms with Gasteiger partial charge in [0.25, 0.3) is 5.56 Å². The highest BCUT2D eigenvalue weighted by atomic mass is 32.1. The van der Waals surface area contributed by atoms with E-state index < -0.39 is 12.0 Å². The second-order valence-electron chi connectivity index (χ2n) is 11.4. The van der Waals surface area contributed by atoms with Crippen LogP contribution in [0.4, 0.5) is 0 Å². The average Bonchev–Trinajstić information content (AvgIpc) is 3.63. The fraction of sp³-hybridized carbons (Fsp3) is 0.243. The van der Waals surface area contributed by atoms with Gasteiger partial charge in [-0.15, -0.1) is 0 Å². The molecule has 1 aliphatic rings. The number of methoxy groups -OCH3 is 1. The topological polar surface area (TPSA) is 109 Å². The van der Waals surface area contributed by atoms with Gasteiger partial charge in [-0.1, -0.05) is 47.7 Å². The molecular weight excluding hydrogens is 616 g/mol. The van der Waals surface area contributed by atoms with Gasteiger partial charge in [-0.3, -0.25) is 9.36 Å². The normalized spacial score (nSPS) is 14.7. The van der Waals surface area contributed by atoms with Crippen molar-refractivity contribution in [1.82, 2.24) is 4.57 Å². The first-order valence-corrected chi connectivity index (χ1v) is 16.1. The first-order valence-electron chi connectivity index (χ1n) is 15.3. The van der Waals surface area contributed by atoms with Crippen molar-refractivity contribution < 1.29 is 28.2 Å². The van der Waals surface area contributed by atoms with Crippen molar-refractivity contribution in [2.45, 2.75) is 46.8 Å². The van der Waals surface area contributed by atoms with Gasteiger partial charge in [0.2, 0.25) is 0 Å². The van der Waals surface area contributed by atoms with Crippen molar-refractivity contribution in [3.05, 3.63) is 120 Å². The van der Waals surface area contributed by atoms with Crippen molar-refractivity contribution in [2.24, 2.45) is 4.99 Å². The molecule has 240 valence electrons. The number of nitrogens with zero attached hydrogens (tertiary/aromatic N) is 2. The van der Waals surface area contributed by atoms with Crippen molar-refractivity contribution >= 4 is 40.1 Å². The van der Waals surface area contributed by atoms with Crippen LogP contribution in [0.3, 0.4) is 0 Å². The number of aryl methyl sites for hydroxylation is 1. The maximum absolute atomic E-state index is 14.3. The number of furan rings is 1. The Balaban J connectivity index is 1.47. The van der Waals surface area contributed by atoms with Crippen LogP contribution in [0.5, 0.6) is 5.75 Å². The summed E-state index contributed by atoms with van der Waals surface area (Å²) in [6.45, 7) is 9.17. The SMILES string of the molecule is CCOC(=O)C1=C(C)N=c2s/c(=C/c3ccc(-c4ccc(C(=O)OC(C)C)cc4C)o3)c(=O)n2[C@@H]1c1c(OC)ccc2ccccc12.